The summed E-state index contributed by atoms with van der Waals surface area (Å²) in [4.78, 5) is 34.9. The van der Waals surface area contributed by atoms with Gasteiger partial charge in [-0.3, -0.25) is 9.59 Å². The Bertz CT molecular complexity index is 671. The molecule has 1 aliphatic heterocycles. The van der Waals surface area contributed by atoms with Gasteiger partial charge in [-0.25, -0.2) is 4.79 Å². The van der Waals surface area contributed by atoms with Gasteiger partial charge in [-0.15, -0.1) is 0 Å². The van der Waals surface area contributed by atoms with Crippen LogP contribution in [0, 0.1) is 11.8 Å². The molecule has 2 fully saturated rings. The van der Waals surface area contributed by atoms with Crippen LogP contribution in [0.2, 0.25) is 0 Å². The Hall–Kier alpha value is -2.27. The zero-order chi connectivity index (χ0) is 22.1. The molecule has 1 saturated heterocycles. The van der Waals surface area contributed by atoms with Crippen LogP contribution in [0.25, 0.3) is 0 Å². The van der Waals surface area contributed by atoms with Crippen LogP contribution in [-0.2, 0) is 28.6 Å². The van der Waals surface area contributed by atoms with E-state index in [4.69, 9.17) is 9.47 Å². The third-order valence-electron chi connectivity index (χ3n) is 4.71. The van der Waals surface area contributed by atoms with Crippen molar-refractivity contribution < 1.29 is 54.9 Å². The Morgan fingerprint density at radius 3 is 2.31 bits per heavy atom. The highest BCUT2D eigenvalue weighted by Gasteiger charge is 2.60. The monoisotopic (exact) mass is 432 g/mol. The van der Waals surface area contributed by atoms with Gasteiger partial charge in [0.1, 0.15) is 12.2 Å². The van der Waals surface area contributed by atoms with Gasteiger partial charge in [0.05, 0.1) is 6.42 Å². The fraction of sp³-hybridized carbons (Fsp3) is 0.706. The van der Waals surface area contributed by atoms with Crippen LogP contribution in [0.15, 0.2) is 12.2 Å². The summed E-state index contributed by atoms with van der Waals surface area (Å²) >= 11 is 0. The normalized spacial score (nSPS) is 26.8. The topological polar surface area (TPSA) is 78.9 Å². The minimum absolute atomic E-state index is 0.0386. The molecule has 0 aromatic carbocycles. The Labute approximate surface area is 161 Å². The van der Waals surface area contributed by atoms with Crippen molar-refractivity contribution in [2.75, 3.05) is 0 Å². The van der Waals surface area contributed by atoms with Crippen molar-refractivity contribution in [1.82, 2.24) is 0 Å². The van der Waals surface area contributed by atoms with Crippen LogP contribution >= 0.6 is 0 Å². The van der Waals surface area contributed by atoms with Crippen molar-refractivity contribution in [1.29, 1.82) is 0 Å². The van der Waals surface area contributed by atoms with Crippen LogP contribution in [0.5, 0.6) is 0 Å². The molecular formula is C17H18F6O6. The maximum absolute atomic E-state index is 12.5. The minimum atomic E-state index is -5.80. The van der Waals surface area contributed by atoms with Gasteiger partial charge < -0.3 is 14.2 Å². The third kappa shape index (κ3) is 5.63. The summed E-state index contributed by atoms with van der Waals surface area (Å²) < 4.78 is 88.8. The molecule has 0 aromatic rings. The lowest BCUT2D eigenvalue weighted by atomic mass is 9.97. The Morgan fingerprint density at radius 2 is 1.79 bits per heavy atom. The summed E-state index contributed by atoms with van der Waals surface area (Å²) in [5.74, 6) is -3.93. The average Bonchev–Trinajstić information content (AvgIpc) is 3.05. The zero-order valence-electron chi connectivity index (χ0n) is 15.1. The van der Waals surface area contributed by atoms with E-state index >= 15 is 0 Å². The summed E-state index contributed by atoms with van der Waals surface area (Å²) in [6, 6.07) is 0. The van der Waals surface area contributed by atoms with Crippen LogP contribution in [0.1, 0.15) is 32.6 Å². The van der Waals surface area contributed by atoms with Gasteiger partial charge in [-0.05, 0) is 19.8 Å². The molecule has 4 unspecified atom stereocenters. The quantitative estimate of drug-likeness (QED) is 0.278. The first-order valence-electron chi connectivity index (χ1n) is 8.59. The van der Waals surface area contributed by atoms with Crippen LogP contribution in [-0.4, -0.2) is 48.6 Å². The van der Waals surface area contributed by atoms with E-state index in [0.717, 1.165) is 0 Å². The van der Waals surface area contributed by atoms with E-state index < -0.39 is 60.9 Å². The largest absolute Gasteiger partial charge is 0.458 e. The fourth-order valence-corrected chi connectivity index (χ4v) is 3.45. The molecule has 4 atom stereocenters. The van der Waals surface area contributed by atoms with Gasteiger partial charge in [-0.2, -0.15) is 26.3 Å². The molecule has 0 radical (unpaired) electrons. The zero-order valence-corrected chi connectivity index (χ0v) is 15.1. The van der Waals surface area contributed by atoms with Gasteiger partial charge >= 0.3 is 30.3 Å². The number of ether oxygens (including phenoxy) is 3. The molecule has 1 saturated carbocycles. The molecule has 0 spiro atoms. The highest BCUT2D eigenvalue weighted by molar-refractivity contribution is 5.87. The van der Waals surface area contributed by atoms with Gasteiger partial charge in [0.25, 0.3) is 6.10 Å². The fourth-order valence-electron chi connectivity index (χ4n) is 3.45. The summed E-state index contributed by atoms with van der Waals surface area (Å²) in [6.07, 6.45) is -18.3. The first-order valence-corrected chi connectivity index (χ1v) is 8.59. The van der Waals surface area contributed by atoms with E-state index in [1.807, 2.05) is 0 Å². The van der Waals surface area contributed by atoms with E-state index in [1.165, 1.54) is 6.92 Å². The molecule has 164 valence electrons. The Kier molecular flexibility index (Phi) is 6.53. The van der Waals surface area contributed by atoms with Crippen molar-refractivity contribution in [3.8, 4) is 0 Å². The van der Waals surface area contributed by atoms with Gasteiger partial charge in [-0.1, -0.05) is 6.58 Å². The number of rotatable bonds is 6. The predicted octanol–water partition coefficient (Wildman–Crippen LogP) is 3.24. The molecule has 1 heterocycles. The maximum atomic E-state index is 12.5. The van der Waals surface area contributed by atoms with Crippen molar-refractivity contribution in [2.45, 2.75) is 63.3 Å². The second kappa shape index (κ2) is 8.23. The number of alkyl halides is 6. The lowest BCUT2D eigenvalue weighted by Crippen LogP contribution is -2.45. The highest BCUT2D eigenvalue weighted by Crippen LogP contribution is 2.44. The molecule has 0 bridgehead atoms. The van der Waals surface area contributed by atoms with Crippen molar-refractivity contribution in [3.05, 3.63) is 12.2 Å². The molecule has 0 N–H and O–H groups in total. The Morgan fingerprint density at radius 1 is 1.21 bits per heavy atom. The maximum Gasteiger partial charge on any atom is 0.434 e. The molecular weight excluding hydrogens is 414 g/mol. The number of hydrogen-bond donors (Lipinski definition) is 0. The van der Waals surface area contributed by atoms with E-state index in [2.05, 4.69) is 11.3 Å². The first-order chi connectivity index (χ1) is 13.2. The van der Waals surface area contributed by atoms with E-state index in [-0.39, 0.29) is 30.8 Å². The SMILES string of the molecule is C=C(C)C(=O)OC1C(CCC(=O)OC(C(F)(F)F)C(F)(F)F)CC2CC(=O)OC21. The molecule has 12 heteroatoms. The lowest BCUT2D eigenvalue weighted by molar-refractivity contribution is -0.313. The number of esters is 3. The number of fused-ring (bicyclic) bond motifs is 1. The summed E-state index contributed by atoms with van der Waals surface area (Å²) in [6.45, 7) is 4.78. The van der Waals surface area contributed by atoms with Gasteiger partial charge in [0.2, 0.25) is 0 Å². The molecule has 6 nitrogen and oxygen atoms in total. The number of halogens is 6. The minimum Gasteiger partial charge on any atom is -0.458 e. The second-order valence-electron chi connectivity index (χ2n) is 7.06. The molecule has 0 aromatic heterocycles. The summed E-state index contributed by atoms with van der Waals surface area (Å²) in [5.41, 5.74) is 0.0501. The van der Waals surface area contributed by atoms with E-state index in [9.17, 15) is 40.7 Å². The van der Waals surface area contributed by atoms with Gasteiger partial charge in [0, 0.05) is 23.8 Å². The van der Waals surface area contributed by atoms with E-state index in [1.54, 1.807) is 0 Å². The first kappa shape index (κ1) is 23.0. The standard InChI is InChI=1S/C17H18F6O6/c1-7(2)14(26)29-12-8(5-9-6-11(25)27-13(9)12)3-4-10(24)28-15(16(18,19)20)17(21,22)23/h8-9,12-13,15H,1,3-6H2,2H3. The molecule has 0 amide bonds. The number of carbonyl (C=O) groups is 3. The lowest BCUT2D eigenvalue weighted by Gasteiger charge is -2.25. The molecule has 2 aliphatic rings. The Balaban J connectivity index is 2.02. The summed E-state index contributed by atoms with van der Waals surface area (Å²) in [7, 11) is 0. The number of carbonyl (C=O) groups excluding carboxylic acids is 3. The average molecular weight is 432 g/mol. The van der Waals surface area contributed by atoms with Crippen molar-refractivity contribution >= 4 is 17.9 Å². The molecule has 29 heavy (non-hydrogen) atoms. The smallest absolute Gasteiger partial charge is 0.434 e. The molecule has 1 aliphatic carbocycles. The van der Waals surface area contributed by atoms with Crippen molar-refractivity contribution in [2.24, 2.45) is 11.8 Å². The number of hydrogen-bond acceptors (Lipinski definition) is 6. The van der Waals surface area contributed by atoms with Crippen LogP contribution < -0.4 is 0 Å². The third-order valence-corrected chi connectivity index (χ3v) is 4.71. The van der Waals surface area contributed by atoms with E-state index in [0.29, 0.717) is 0 Å². The summed E-state index contributed by atoms with van der Waals surface area (Å²) in [5, 5.41) is 0. The van der Waals surface area contributed by atoms with Crippen LogP contribution in [0.3, 0.4) is 0 Å². The molecule has 2 rings (SSSR count). The van der Waals surface area contributed by atoms with Crippen LogP contribution in [0.4, 0.5) is 26.3 Å². The highest BCUT2D eigenvalue weighted by atomic mass is 19.4. The second-order valence-corrected chi connectivity index (χ2v) is 7.06. The predicted molar refractivity (Wildman–Crippen MR) is 82.0 cm³/mol. The van der Waals surface area contributed by atoms with Gasteiger partial charge in [0.15, 0.2) is 0 Å². The van der Waals surface area contributed by atoms with Crippen molar-refractivity contribution in [3.63, 3.8) is 0 Å².